The maximum atomic E-state index is 3.71. The lowest BCUT2D eigenvalue weighted by Gasteiger charge is -2.45. The molecule has 0 radical (unpaired) electrons. The van der Waals surface area contributed by atoms with Crippen LogP contribution in [0.1, 0.15) is 25.7 Å². The number of hydrogen-bond donors (Lipinski definition) is 0. The highest BCUT2D eigenvalue weighted by Gasteiger charge is 2.44. The van der Waals surface area contributed by atoms with Gasteiger partial charge >= 0.3 is 0 Å². The molecule has 3 aliphatic rings. The molecule has 1 saturated carbocycles. The molecule has 2 saturated heterocycles. The molecule has 0 amide bonds. The van der Waals surface area contributed by atoms with Gasteiger partial charge in [0.05, 0.1) is 0 Å². The number of alkyl halides is 1. The van der Waals surface area contributed by atoms with Crippen LogP contribution in [0.15, 0.2) is 0 Å². The average Bonchev–Trinajstić information content (AvgIpc) is 2.72. The second-order valence-electron chi connectivity index (χ2n) is 5.26. The standard InChI is InChI=1S/C11H18BrNS/c12-7-11(2-1-3-11)8-13-5-10-4-9(13)6-14-10/h9-10H,1-8H2. The van der Waals surface area contributed by atoms with Crippen LogP contribution in [0.5, 0.6) is 0 Å². The molecule has 3 fully saturated rings. The minimum Gasteiger partial charge on any atom is -0.298 e. The topological polar surface area (TPSA) is 3.24 Å². The molecule has 2 bridgehead atoms. The van der Waals surface area contributed by atoms with E-state index in [2.05, 4.69) is 32.6 Å². The van der Waals surface area contributed by atoms with E-state index in [9.17, 15) is 0 Å². The summed E-state index contributed by atoms with van der Waals surface area (Å²) in [6.45, 7) is 2.75. The van der Waals surface area contributed by atoms with Gasteiger partial charge in [-0.3, -0.25) is 4.90 Å². The average molecular weight is 276 g/mol. The van der Waals surface area contributed by atoms with Crippen molar-refractivity contribution in [1.29, 1.82) is 0 Å². The predicted octanol–water partition coefficient (Wildman–Crippen LogP) is 2.74. The van der Waals surface area contributed by atoms with E-state index in [-0.39, 0.29) is 0 Å². The van der Waals surface area contributed by atoms with E-state index >= 15 is 0 Å². The van der Waals surface area contributed by atoms with E-state index in [4.69, 9.17) is 0 Å². The number of likely N-dealkylation sites (tertiary alicyclic amines) is 1. The molecule has 0 spiro atoms. The first-order chi connectivity index (χ1) is 6.81. The summed E-state index contributed by atoms with van der Waals surface area (Å²) < 4.78 is 0. The Kier molecular flexibility index (Phi) is 2.62. The lowest BCUT2D eigenvalue weighted by Crippen LogP contribution is -2.47. The molecular weight excluding hydrogens is 258 g/mol. The zero-order valence-corrected chi connectivity index (χ0v) is 10.9. The van der Waals surface area contributed by atoms with E-state index in [1.54, 1.807) is 0 Å². The van der Waals surface area contributed by atoms with Crippen molar-refractivity contribution in [3.63, 3.8) is 0 Å². The van der Waals surface area contributed by atoms with Gasteiger partial charge in [-0.2, -0.15) is 11.8 Å². The number of nitrogens with zero attached hydrogens (tertiary/aromatic N) is 1. The third-order valence-electron chi connectivity index (χ3n) is 4.25. The van der Waals surface area contributed by atoms with Crippen molar-refractivity contribution in [3.05, 3.63) is 0 Å². The van der Waals surface area contributed by atoms with Crippen LogP contribution in [0.4, 0.5) is 0 Å². The Balaban J connectivity index is 1.62. The van der Waals surface area contributed by atoms with Crippen molar-refractivity contribution in [2.24, 2.45) is 5.41 Å². The molecule has 0 aromatic rings. The fourth-order valence-electron chi connectivity index (χ4n) is 3.11. The zero-order chi connectivity index (χ0) is 9.60. The second-order valence-corrected chi connectivity index (χ2v) is 7.16. The molecule has 80 valence electrons. The highest BCUT2D eigenvalue weighted by Crippen LogP contribution is 2.46. The molecule has 3 rings (SSSR count). The highest BCUT2D eigenvalue weighted by atomic mass is 79.9. The van der Waals surface area contributed by atoms with Crippen LogP contribution < -0.4 is 0 Å². The minimum absolute atomic E-state index is 0.662. The minimum atomic E-state index is 0.662. The van der Waals surface area contributed by atoms with Gasteiger partial charge in [-0.05, 0) is 24.7 Å². The second kappa shape index (κ2) is 3.67. The van der Waals surface area contributed by atoms with Gasteiger partial charge < -0.3 is 0 Å². The van der Waals surface area contributed by atoms with Gasteiger partial charge in [0.2, 0.25) is 0 Å². The van der Waals surface area contributed by atoms with E-state index < -0.39 is 0 Å². The van der Waals surface area contributed by atoms with Crippen molar-refractivity contribution >= 4 is 27.7 Å². The normalized spacial score (nSPS) is 40.1. The molecule has 2 atom stereocenters. The fourth-order valence-corrected chi connectivity index (χ4v) is 5.35. The van der Waals surface area contributed by atoms with E-state index in [0.29, 0.717) is 5.41 Å². The van der Waals surface area contributed by atoms with Crippen molar-refractivity contribution in [2.75, 3.05) is 24.2 Å². The summed E-state index contributed by atoms with van der Waals surface area (Å²) in [5.74, 6) is 1.41. The quantitative estimate of drug-likeness (QED) is 0.729. The summed E-state index contributed by atoms with van der Waals surface area (Å²) in [4.78, 5) is 2.78. The summed E-state index contributed by atoms with van der Waals surface area (Å²) in [5.41, 5.74) is 0.662. The van der Waals surface area contributed by atoms with Crippen LogP contribution in [-0.2, 0) is 0 Å². The lowest BCUT2D eigenvalue weighted by atomic mass is 9.70. The Morgan fingerprint density at radius 3 is 2.71 bits per heavy atom. The number of thioether (sulfide) groups is 1. The summed E-state index contributed by atoms with van der Waals surface area (Å²) in [6.07, 6.45) is 5.85. The first-order valence-electron chi connectivity index (χ1n) is 5.73. The maximum Gasteiger partial charge on any atom is 0.0198 e. The SMILES string of the molecule is BrCC1(CN2CC3CC2CS3)CCC1. The first-order valence-corrected chi connectivity index (χ1v) is 7.90. The molecular formula is C11H18BrNS. The number of hydrogen-bond acceptors (Lipinski definition) is 2. The predicted molar refractivity (Wildman–Crippen MR) is 66.3 cm³/mol. The number of fused-ring (bicyclic) bond motifs is 2. The number of halogens is 1. The third kappa shape index (κ3) is 1.56. The van der Waals surface area contributed by atoms with Crippen molar-refractivity contribution in [2.45, 2.75) is 37.0 Å². The van der Waals surface area contributed by atoms with Crippen molar-refractivity contribution < 1.29 is 0 Å². The van der Waals surface area contributed by atoms with Gasteiger partial charge in [-0.25, -0.2) is 0 Å². The van der Waals surface area contributed by atoms with Crippen molar-refractivity contribution in [3.8, 4) is 0 Å². The molecule has 0 aromatic heterocycles. The molecule has 1 aliphatic carbocycles. The molecule has 0 aromatic carbocycles. The Morgan fingerprint density at radius 1 is 1.43 bits per heavy atom. The van der Waals surface area contributed by atoms with Crippen molar-refractivity contribution in [1.82, 2.24) is 4.90 Å². The van der Waals surface area contributed by atoms with Crippen LogP contribution in [0.2, 0.25) is 0 Å². The first kappa shape index (κ1) is 9.98. The smallest absolute Gasteiger partial charge is 0.0198 e. The van der Waals surface area contributed by atoms with Crippen LogP contribution in [0.3, 0.4) is 0 Å². The van der Waals surface area contributed by atoms with Crippen LogP contribution in [-0.4, -0.2) is 40.4 Å². The molecule has 3 heteroatoms. The highest BCUT2D eigenvalue weighted by molar-refractivity contribution is 9.09. The van der Waals surface area contributed by atoms with Gasteiger partial charge in [-0.1, -0.05) is 22.4 Å². The molecule has 0 N–H and O–H groups in total. The largest absolute Gasteiger partial charge is 0.298 e. The van der Waals surface area contributed by atoms with Gasteiger partial charge in [0.1, 0.15) is 0 Å². The Morgan fingerprint density at radius 2 is 2.29 bits per heavy atom. The van der Waals surface area contributed by atoms with E-state index in [1.807, 2.05) is 0 Å². The Labute approximate surface area is 99.1 Å². The molecule has 2 unspecified atom stereocenters. The van der Waals surface area contributed by atoms with Crippen LogP contribution in [0.25, 0.3) is 0 Å². The third-order valence-corrected chi connectivity index (χ3v) is 6.83. The lowest BCUT2D eigenvalue weighted by molar-refractivity contribution is 0.0879. The van der Waals surface area contributed by atoms with Gasteiger partial charge in [-0.15, -0.1) is 0 Å². The van der Waals surface area contributed by atoms with Gasteiger partial charge in [0.25, 0.3) is 0 Å². The summed E-state index contributed by atoms with van der Waals surface area (Å²) >= 11 is 5.91. The molecule has 2 aliphatic heterocycles. The van der Waals surface area contributed by atoms with Gasteiger partial charge in [0, 0.05) is 35.5 Å². The van der Waals surface area contributed by atoms with E-state index in [1.165, 1.54) is 49.9 Å². The van der Waals surface area contributed by atoms with Crippen LogP contribution in [0, 0.1) is 5.41 Å². The summed E-state index contributed by atoms with van der Waals surface area (Å²) in [7, 11) is 0. The monoisotopic (exact) mass is 275 g/mol. The van der Waals surface area contributed by atoms with Gasteiger partial charge in [0.15, 0.2) is 0 Å². The Hall–Kier alpha value is 0.790. The fraction of sp³-hybridized carbons (Fsp3) is 1.00. The summed E-state index contributed by atoms with van der Waals surface area (Å²) in [5, 5.41) is 2.20. The number of rotatable bonds is 3. The molecule has 2 heterocycles. The zero-order valence-electron chi connectivity index (χ0n) is 8.54. The Bertz CT molecular complexity index is 224. The van der Waals surface area contributed by atoms with E-state index in [0.717, 1.165) is 11.3 Å². The summed E-state index contributed by atoms with van der Waals surface area (Å²) in [6, 6.07) is 0.932. The maximum absolute atomic E-state index is 3.71. The van der Waals surface area contributed by atoms with Crippen LogP contribution >= 0.6 is 27.7 Å². The molecule has 14 heavy (non-hydrogen) atoms. The molecule has 1 nitrogen and oxygen atoms in total.